The minimum atomic E-state index is -4.59. The van der Waals surface area contributed by atoms with Crippen LogP contribution in [0.25, 0.3) is 0 Å². The highest BCUT2D eigenvalue weighted by atomic mass is 35.5. The molecule has 0 radical (unpaired) electrons. The first-order chi connectivity index (χ1) is 7.71. The van der Waals surface area contributed by atoms with E-state index in [1.807, 2.05) is 0 Å². The van der Waals surface area contributed by atoms with Crippen LogP contribution in [0.4, 0.5) is 17.6 Å². The molecule has 2 nitrogen and oxygen atoms in total. The van der Waals surface area contributed by atoms with Crippen LogP contribution in [0.5, 0.6) is 0 Å². The summed E-state index contributed by atoms with van der Waals surface area (Å²) in [6, 6.07) is 0.896. The van der Waals surface area contributed by atoms with Crippen LogP contribution in [0, 0.1) is 5.82 Å². The second-order valence-corrected chi connectivity index (χ2v) is 3.97. The van der Waals surface area contributed by atoms with Gasteiger partial charge in [-0.2, -0.15) is 13.2 Å². The first-order valence-corrected chi connectivity index (χ1v) is 5.05. The lowest BCUT2D eigenvalue weighted by Crippen LogP contribution is -2.38. The number of aliphatic hydroxyl groups excluding tert-OH is 1. The van der Waals surface area contributed by atoms with Crippen LogP contribution in [0.15, 0.2) is 18.2 Å². The van der Waals surface area contributed by atoms with Gasteiger partial charge < -0.3 is 10.8 Å². The Hall–Kier alpha value is -0.850. The van der Waals surface area contributed by atoms with Crippen LogP contribution in [0.3, 0.4) is 0 Å². The molecule has 0 bridgehead atoms. The van der Waals surface area contributed by atoms with Gasteiger partial charge in [-0.15, -0.1) is 0 Å². The van der Waals surface area contributed by atoms with Crippen molar-refractivity contribution in [1.29, 1.82) is 0 Å². The first-order valence-electron chi connectivity index (χ1n) is 4.67. The SMILES string of the molecule is N[C@@H](C[C@@H](O)c1ccc(F)cc1Cl)C(F)(F)F. The average Bonchev–Trinajstić information content (AvgIpc) is 2.15. The molecular weight excluding hydrogens is 262 g/mol. The monoisotopic (exact) mass is 271 g/mol. The Balaban J connectivity index is 2.80. The molecule has 1 rings (SSSR count). The fraction of sp³-hybridized carbons (Fsp3) is 0.400. The van der Waals surface area contributed by atoms with Crippen LogP contribution in [0.2, 0.25) is 5.02 Å². The Morgan fingerprint density at radius 3 is 2.41 bits per heavy atom. The third-order valence-electron chi connectivity index (χ3n) is 2.22. The molecule has 0 saturated heterocycles. The van der Waals surface area contributed by atoms with Crippen molar-refractivity contribution in [1.82, 2.24) is 0 Å². The number of aliphatic hydroxyl groups is 1. The molecule has 0 spiro atoms. The summed E-state index contributed by atoms with van der Waals surface area (Å²) in [6.45, 7) is 0. The summed E-state index contributed by atoms with van der Waals surface area (Å²) in [5.74, 6) is -0.633. The van der Waals surface area contributed by atoms with Crippen molar-refractivity contribution >= 4 is 11.6 Å². The van der Waals surface area contributed by atoms with E-state index in [9.17, 15) is 22.7 Å². The van der Waals surface area contributed by atoms with E-state index in [1.54, 1.807) is 0 Å². The molecule has 0 saturated carbocycles. The van der Waals surface area contributed by atoms with Gasteiger partial charge in [0.2, 0.25) is 0 Å². The second-order valence-electron chi connectivity index (χ2n) is 3.57. The van der Waals surface area contributed by atoms with Crippen molar-refractivity contribution in [3.63, 3.8) is 0 Å². The zero-order valence-electron chi connectivity index (χ0n) is 8.51. The highest BCUT2D eigenvalue weighted by Gasteiger charge is 2.38. The van der Waals surface area contributed by atoms with Gasteiger partial charge in [0.25, 0.3) is 0 Å². The summed E-state index contributed by atoms with van der Waals surface area (Å²) in [4.78, 5) is 0. The predicted molar refractivity (Wildman–Crippen MR) is 55.0 cm³/mol. The van der Waals surface area contributed by atoms with E-state index in [0.29, 0.717) is 0 Å². The van der Waals surface area contributed by atoms with Gasteiger partial charge in [-0.05, 0) is 17.7 Å². The van der Waals surface area contributed by atoms with Crippen molar-refractivity contribution < 1.29 is 22.7 Å². The number of hydrogen-bond donors (Lipinski definition) is 2. The van der Waals surface area contributed by atoms with Gasteiger partial charge >= 0.3 is 6.18 Å². The summed E-state index contributed by atoms with van der Waals surface area (Å²) in [5.41, 5.74) is 4.89. The van der Waals surface area contributed by atoms with Gasteiger partial charge in [-0.3, -0.25) is 0 Å². The molecule has 0 unspecified atom stereocenters. The molecule has 0 aromatic heterocycles. The standard InChI is InChI=1S/C10H10ClF4NO/c11-7-3-5(12)1-2-6(7)8(17)4-9(16)10(13,14)15/h1-3,8-9,17H,4,16H2/t8-,9+/m1/s1. The molecule has 1 aromatic rings. The molecule has 0 aliphatic heterocycles. The number of alkyl halides is 3. The van der Waals surface area contributed by atoms with Crippen LogP contribution < -0.4 is 5.73 Å². The Morgan fingerprint density at radius 2 is 1.94 bits per heavy atom. The fourth-order valence-corrected chi connectivity index (χ4v) is 1.57. The number of halogens is 5. The molecular formula is C10H10ClF4NO. The molecule has 3 N–H and O–H groups in total. The number of nitrogens with two attached hydrogens (primary N) is 1. The van der Waals surface area contributed by atoms with E-state index in [0.717, 1.165) is 18.2 Å². The largest absolute Gasteiger partial charge is 0.403 e. The van der Waals surface area contributed by atoms with E-state index in [1.165, 1.54) is 0 Å². The van der Waals surface area contributed by atoms with Crippen LogP contribution in [-0.4, -0.2) is 17.3 Å². The van der Waals surface area contributed by atoms with E-state index >= 15 is 0 Å². The normalized spacial score (nSPS) is 15.7. The van der Waals surface area contributed by atoms with Gasteiger partial charge in [-0.25, -0.2) is 4.39 Å². The van der Waals surface area contributed by atoms with Crippen molar-refractivity contribution in [2.75, 3.05) is 0 Å². The zero-order valence-corrected chi connectivity index (χ0v) is 9.26. The maximum atomic E-state index is 12.7. The predicted octanol–water partition coefficient (Wildman–Crippen LogP) is 2.79. The minimum Gasteiger partial charge on any atom is -0.388 e. The lowest BCUT2D eigenvalue weighted by atomic mass is 10.0. The average molecular weight is 272 g/mol. The lowest BCUT2D eigenvalue weighted by molar-refractivity contribution is -0.153. The minimum absolute atomic E-state index is 0.0211. The highest BCUT2D eigenvalue weighted by Crippen LogP contribution is 2.30. The topological polar surface area (TPSA) is 46.2 Å². The Kier molecular flexibility index (Phi) is 4.35. The molecule has 0 heterocycles. The molecule has 96 valence electrons. The van der Waals surface area contributed by atoms with Crippen LogP contribution in [0.1, 0.15) is 18.1 Å². The molecule has 0 aliphatic rings. The number of benzene rings is 1. The second kappa shape index (κ2) is 5.20. The van der Waals surface area contributed by atoms with E-state index in [-0.39, 0.29) is 10.6 Å². The van der Waals surface area contributed by atoms with Gasteiger partial charge in [-0.1, -0.05) is 17.7 Å². The van der Waals surface area contributed by atoms with Crippen molar-refractivity contribution in [3.05, 3.63) is 34.6 Å². The molecule has 0 aliphatic carbocycles. The van der Waals surface area contributed by atoms with Crippen LogP contribution >= 0.6 is 11.6 Å². The zero-order chi connectivity index (χ0) is 13.2. The maximum Gasteiger partial charge on any atom is 0.403 e. The Bertz CT molecular complexity index is 396. The molecule has 2 atom stereocenters. The summed E-state index contributed by atoms with van der Waals surface area (Å²) in [6.07, 6.45) is -6.80. The summed E-state index contributed by atoms with van der Waals surface area (Å²) < 4.78 is 49.2. The van der Waals surface area contributed by atoms with Gasteiger partial charge in [0.05, 0.1) is 6.10 Å². The summed E-state index contributed by atoms with van der Waals surface area (Å²) in [5, 5.41) is 9.41. The summed E-state index contributed by atoms with van der Waals surface area (Å²) in [7, 11) is 0. The smallest absolute Gasteiger partial charge is 0.388 e. The fourth-order valence-electron chi connectivity index (χ4n) is 1.27. The van der Waals surface area contributed by atoms with Gasteiger partial charge in [0.15, 0.2) is 0 Å². The van der Waals surface area contributed by atoms with Crippen molar-refractivity contribution in [2.24, 2.45) is 5.73 Å². The molecule has 1 aromatic carbocycles. The van der Waals surface area contributed by atoms with Gasteiger partial charge in [0, 0.05) is 11.4 Å². The van der Waals surface area contributed by atoms with Crippen LogP contribution in [-0.2, 0) is 0 Å². The molecule has 0 amide bonds. The molecule has 17 heavy (non-hydrogen) atoms. The Labute approximate surface area is 100.0 Å². The maximum absolute atomic E-state index is 12.7. The lowest BCUT2D eigenvalue weighted by Gasteiger charge is -2.19. The first kappa shape index (κ1) is 14.2. The van der Waals surface area contributed by atoms with Gasteiger partial charge in [0.1, 0.15) is 11.9 Å². The summed E-state index contributed by atoms with van der Waals surface area (Å²) >= 11 is 5.60. The molecule has 7 heteroatoms. The number of hydrogen-bond acceptors (Lipinski definition) is 2. The third kappa shape index (κ3) is 3.83. The quantitative estimate of drug-likeness (QED) is 0.831. The number of rotatable bonds is 3. The Morgan fingerprint density at radius 1 is 1.35 bits per heavy atom. The van der Waals surface area contributed by atoms with E-state index in [2.05, 4.69) is 0 Å². The van der Waals surface area contributed by atoms with Crippen molar-refractivity contribution in [3.8, 4) is 0 Å². The van der Waals surface area contributed by atoms with E-state index in [4.69, 9.17) is 17.3 Å². The molecule has 0 fully saturated rings. The highest BCUT2D eigenvalue weighted by molar-refractivity contribution is 6.31. The van der Waals surface area contributed by atoms with E-state index < -0.39 is 30.6 Å². The third-order valence-corrected chi connectivity index (χ3v) is 2.55. The van der Waals surface area contributed by atoms with Crippen molar-refractivity contribution in [2.45, 2.75) is 24.7 Å².